The van der Waals surface area contributed by atoms with Crippen molar-refractivity contribution < 1.29 is 0 Å². The SMILES string of the molecule is S=P(c1ccccc1)(c1ccccc1)c1cccc2cccc([Se]c3ccccc3)c12. The summed E-state index contributed by atoms with van der Waals surface area (Å²) >= 11 is 6.88. The first-order chi connectivity index (χ1) is 15.3. The zero-order valence-corrected chi connectivity index (χ0v) is 20.3. The molecule has 0 radical (unpaired) electrons. The minimum atomic E-state index is -2.21. The second-order valence-corrected chi connectivity index (χ2v) is 14.0. The Morgan fingerprint density at radius 1 is 0.516 bits per heavy atom. The molecule has 0 aromatic heterocycles. The Labute approximate surface area is 195 Å². The number of fused-ring (bicyclic) bond motifs is 1. The molecule has 0 bridgehead atoms. The Morgan fingerprint density at radius 3 is 1.61 bits per heavy atom. The Hall–Kier alpha value is -2.47. The monoisotopic (exact) mass is 500 g/mol. The van der Waals surface area contributed by atoms with Gasteiger partial charge in [-0.05, 0) is 0 Å². The van der Waals surface area contributed by atoms with Crippen molar-refractivity contribution in [3.05, 3.63) is 127 Å². The molecule has 0 aliphatic carbocycles. The van der Waals surface area contributed by atoms with Crippen LogP contribution >= 0.6 is 6.04 Å². The zero-order valence-electron chi connectivity index (χ0n) is 16.9. The van der Waals surface area contributed by atoms with Gasteiger partial charge in [-0.3, -0.25) is 0 Å². The molecule has 3 heteroatoms. The molecular formula is C28H21PSSe. The molecule has 31 heavy (non-hydrogen) atoms. The molecule has 0 saturated heterocycles. The van der Waals surface area contributed by atoms with Crippen molar-refractivity contribution in [1.29, 1.82) is 0 Å². The normalized spacial score (nSPS) is 11.5. The van der Waals surface area contributed by atoms with Gasteiger partial charge in [0.25, 0.3) is 0 Å². The van der Waals surface area contributed by atoms with E-state index < -0.39 is 6.04 Å². The molecule has 0 nitrogen and oxygen atoms in total. The molecule has 0 spiro atoms. The van der Waals surface area contributed by atoms with Crippen molar-refractivity contribution in [2.45, 2.75) is 0 Å². The Morgan fingerprint density at radius 2 is 1.03 bits per heavy atom. The summed E-state index contributed by atoms with van der Waals surface area (Å²) in [7, 11) is 0. The Balaban J connectivity index is 1.81. The van der Waals surface area contributed by atoms with Crippen LogP contribution in [-0.4, -0.2) is 15.0 Å². The zero-order chi connectivity index (χ0) is 21.1. The van der Waals surface area contributed by atoms with E-state index in [4.69, 9.17) is 11.8 Å². The van der Waals surface area contributed by atoms with Gasteiger partial charge >= 0.3 is 196 Å². The first-order valence-electron chi connectivity index (χ1n) is 10.2. The second-order valence-electron chi connectivity index (χ2n) is 7.33. The fraction of sp³-hybridized carbons (Fsp3) is 0. The van der Waals surface area contributed by atoms with Crippen LogP contribution in [0.3, 0.4) is 0 Å². The van der Waals surface area contributed by atoms with Crippen molar-refractivity contribution in [3.8, 4) is 0 Å². The topological polar surface area (TPSA) is 0 Å². The number of benzene rings is 5. The van der Waals surface area contributed by atoms with Crippen LogP contribution in [0.4, 0.5) is 0 Å². The van der Waals surface area contributed by atoms with Crippen LogP contribution in [-0.2, 0) is 11.8 Å². The van der Waals surface area contributed by atoms with Gasteiger partial charge in [0.05, 0.1) is 0 Å². The molecule has 5 aromatic carbocycles. The fourth-order valence-electron chi connectivity index (χ4n) is 3.95. The summed E-state index contributed by atoms with van der Waals surface area (Å²) in [6.07, 6.45) is 0. The fourth-order valence-corrected chi connectivity index (χ4v) is 10.4. The maximum atomic E-state index is 6.67. The molecule has 0 atom stereocenters. The van der Waals surface area contributed by atoms with Gasteiger partial charge in [-0.2, -0.15) is 0 Å². The summed E-state index contributed by atoms with van der Waals surface area (Å²) in [5.41, 5.74) is 0. The summed E-state index contributed by atoms with van der Waals surface area (Å²) in [5.74, 6) is 0. The number of hydrogen-bond acceptors (Lipinski definition) is 1. The van der Waals surface area contributed by atoms with Gasteiger partial charge in [-0.15, -0.1) is 0 Å². The molecule has 0 fully saturated rings. The van der Waals surface area contributed by atoms with Gasteiger partial charge in [-0.1, -0.05) is 0 Å². The Bertz CT molecular complexity index is 1320. The van der Waals surface area contributed by atoms with Crippen molar-refractivity contribution in [2.75, 3.05) is 0 Å². The van der Waals surface area contributed by atoms with Crippen LogP contribution in [0.2, 0.25) is 0 Å². The van der Waals surface area contributed by atoms with Gasteiger partial charge in [-0.25, -0.2) is 0 Å². The third kappa shape index (κ3) is 3.93. The molecule has 0 N–H and O–H groups in total. The van der Waals surface area contributed by atoms with Crippen LogP contribution in [0.1, 0.15) is 0 Å². The predicted octanol–water partition coefficient (Wildman–Crippen LogP) is 4.25. The molecule has 5 aromatic rings. The summed E-state index contributed by atoms with van der Waals surface area (Å²) < 4.78 is 2.78. The molecule has 0 aliphatic rings. The van der Waals surface area contributed by atoms with Crippen LogP contribution < -0.4 is 24.8 Å². The molecular weight excluding hydrogens is 478 g/mol. The second kappa shape index (κ2) is 8.95. The molecule has 0 saturated carbocycles. The van der Waals surface area contributed by atoms with E-state index in [-0.39, 0.29) is 15.0 Å². The molecule has 0 heterocycles. The molecule has 0 amide bonds. The van der Waals surface area contributed by atoms with Crippen molar-refractivity contribution in [1.82, 2.24) is 0 Å². The molecule has 5 rings (SSSR count). The summed E-state index contributed by atoms with van der Waals surface area (Å²) in [5, 5.41) is 6.39. The summed E-state index contributed by atoms with van der Waals surface area (Å²) in [6.45, 7) is 0. The van der Waals surface area contributed by atoms with Crippen LogP contribution in [0.25, 0.3) is 10.8 Å². The first-order valence-corrected chi connectivity index (χ1v) is 14.7. The predicted molar refractivity (Wildman–Crippen MR) is 141 cm³/mol. The average Bonchev–Trinajstić information content (AvgIpc) is 2.85. The standard InChI is InChI=1S/C28H21PSSe/c30-29(23-14-4-1-5-15-23,24-16-6-2-7-17-24)26-20-10-12-22-13-11-21-27(28(22)26)31-25-18-8-3-9-19-25/h1-21H. The van der Waals surface area contributed by atoms with E-state index in [1.165, 1.54) is 35.6 Å². The van der Waals surface area contributed by atoms with E-state index in [2.05, 4.69) is 127 Å². The van der Waals surface area contributed by atoms with E-state index in [0.29, 0.717) is 0 Å². The summed E-state index contributed by atoms with van der Waals surface area (Å²) in [6, 6.07) is 43.3. The molecule has 0 aliphatic heterocycles. The first kappa shape index (κ1) is 20.4. The van der Waals surface area contributed by atoms with Crippen LogP contribution in [0.5, 0.6) is 0 Å². The van der Waals surface area contributed by atoms with Crippen molar-refractivity contribution in [2.24, 2.45) is 0 Å². The molecule has 0 unspecified atom stereocenters. The van der Waals surface area contributed by atoms with E-state index >= 15 is 0 Å². The van der Waals surface area contributed by atoms with Gasteiger partial charge in [0, 0.05) is 0 Å². The third-order valence-corrected chi connectivity index (χ3v) is 12.6. The Kier molecular flexibility index (Phi) is 5.90. The van der Waals surface area contributed by atoms with Gasteiger partial charge < -0.3 is 0 Å². The van der Waals surface area contributed by atoms with E-state index in [0.717, 1.165) is 0 Å². The average molecular weight is 499 g/mol. The van der Waals surface area contributed by atoms with E-state index in [1.807, 2.05) is 0 Å². The quantitative estimate of drug-likeness (QED) is 0.258. The van der Waals surface area contributed by atoms with Gasteiger partial charge in [0.2, 0.25) is 0 Å². The van der Waals surface area contributed by atoms with Gasteiger partial charge in [0.15, 0.2) is 0 Å². The summed E-state index contributed by atoms with van der Waals surface area (Å²) in [4.78, 5) is 0. The van der Waals surface area contributed by atoms with Gasteiger partial charge in [0.1, 0.15) is 0 Å². The van der Waals surface area contributed by atoms with E-state index in [9.17, 15) is 0 Å². The van der Waals surface area contributed by atoms with Crippen LogP contribution in [0.15, 0.2) is 127 Å². The maximum absolute atomic E-state index is 6.67. The minimum absolute atomic E-state index is 0.213. The van der Waals surface area contributed by atoms with Crippen LogP contribution in [0, 0.1) is 0 Å². The number of rotatable bonds is 5. The van der Waals surface area contributed by atoms with Crippen molar-refractivity contribution in [3.63, 3.8) is 0 Å². The van der Waals surface area contributed by atoms with Crippen molar-refractivity contribution >= 4 is 68.4 Å². The van der Waals surface area contributed by atoms with E-state index in [1.54, 1.807) is 0 Å². The number of hydrogen-bond donors (Lipinski definition) is 0. The molecule has 150 valence electrons. The third-order valence-electron chi connectivity index (χ3n) is 5.39.